The second-order valence-corrected chi connectivity index (χ2v) is 2.10. The van der Waals surface area contributed by atoms with Gasteiger partial charge in [0.2, 0.25) is 0 Å². The lowest BCUT2D eigenvalue weighted by molar-refractivity contribution is 0.229. The van der Waals surface area contributed by atoms with E-state index in [1.165, 1.54) is 20.3 Å². The van der Waals surface area contributed by atoms with Crippen molar-refractivity contribution in [2.75, 3.05) is 14.2 Å². The molecule has 0 aliphatic heterocycles. The molecule has 12 heavy (non-hydrogen) atoms. The number of rotatable bonds is 4. The van der Waals surface area contributed by atoms with Gasteiger partial charge in [0.1, 0.15) is 0 Å². The summed E-state index contributed by atoms with van der Waals surface area (Å²) in [6.07, 6.45) is 1.45. The third-order valence-electron chi connectivity index (χ3n) is 1.02. The first-order valence-electron chi connectivity index (χ1n) is 3.10. The summed E-state index contributed by atoms with van der Waals surface area (Å²) < 4.78 is 9.71. The zero-order chi connectivity index (χ0) is 9.56. The summed E-state index contributed by atoms with van der Waals surface area (Å²) in [6, 6.07) is 0. The summed E-state index contributed by atoms with van der Waals surface area (Å²) in [5.74, 6) is 0.570. The Labute approximate surface area is 76.3 Å². The normalized spacial score (nSPS) is 13.4. The van der Waals surface area contributed by atoms with Crippen LogP contribution in [0.25, 0.3) is 0 Å². The topological polar surface area (TPSA) is 56.8 Å². The van der Waals surface area contributed by atoms with Gasteiger partial charge in [-0.1, -0.05) is 6.58 Å². The lowest BCUT2D eigenvalue weighted by Gasteiger charge is -2.04. The Hall–Kier alpha value is -1.16. The van der Waals surface area contributed by atoms with Gasteiger partial charge in [-0.05, 0) is 17.7 Å². The molecule has 0 fully saturated rings. The van der Waals surface area contributed by atoms with Gasteiger partial charge in [-0.25, -0.2) is 0 Å². The van der Waals surface area contributed by atoms with E-state index in [4.69, 9.17) is 26.8 Å². The number of hydrogen-bond donors (Lipinski definition) is 1. The van der Waals surface area contributed by atoms with Gasteiger partial charge < -0.3 is 15.2 Å². The first-order valence-corrected chi connectivity index (χ1v) is 3.47. The average molecular weight is 191 g/mol. The molecule has 0 amide bonds. The first-order chi connectivity index (χ1) is 5.65. The van der Waals surface area contributed by atoms with Crippen molar-refractivity contribution in [3.05, 3.63) is 24.3 Å². The number of nitrogens with zero attached hydrogens (tertiary/aromatic N) is 1. The number of methoxy groups -OCH3 is 2. The minimum absolute atomic E-state index is 0.122. The van der Waals surface area contributed by atoms with Gasteiger partial charge in [-0.3, -0.25) is 0 Å². The van der Waals surface area contributed by atoms with Crippen LogP contribution in [-0.2, 0) is 9.47 Å². The Bertz CT molecular complexity index is 219. The molecule has 0 atom stereocenters. The van der Waals surface area contributed by atoms with E-state index in [-0.39, 0.29) is 11.2 Å². The largest absolute Gasteiger partial charge is 0.491 e. The molecule has 4 nitrogen and oxygen atoms in total. The standard InChI is InChI=1S/C7H11ClN2O2/c1-4-5(11-2)6(12-3)10-7(8)9/h4H,1H2,2-3H3,(H2,9,10)/b6-5-. The zero-order valence-electron chi connectivity index (χ0n) is 7.00. The van der Waals surface area contributed by atoms with E-state index in [1.54, 1.807) is 0 Å². The molecule has 0 radical (unpaired) electrons. The van der Waals surface area contributed by atoms with E-state index >= 15 is 0 Å². The summed E-state index contributed by atoms with van der Waals surface area (Å²) >= 11 is 5.33. The van der Waals surface area contributed by atoms with E-state index in [2.05, 4.69) is 11.6 Å². The third kappa shape index (κ3) is 3.30. The number of halogens is 1. The Morgan fingerprint density at radius 3 is 2.33 bits per heavy atom. The molecule has 0 spiro atoms. The molecule has 2 N–H and O–H groups in total. The number of amidine groups is 1. The quantitative estimate of drug-likeness (QED) is 0.238. The number of aliphatic imine (C=N–C) groups is 1. The van der Waals surface area contributed by atoms with E-state index < -0.39 is 0 Å². The van der Waals surface area contributed by atoms with Crippen LogP contribution in [0.4, 0.5) is 0 Å². The highest BCUT2D eigenvalue weighted by Gasteiger charge is 2.02. The van der Waals surface area contributed by atoms with Gasteiger partial charge in [0.15, 0.2) is 11.1 Å². The molecule has 0 aliphatic rings. The molecule has 5 heteroatoms. The van der Waals surface area contributed by atoms with Gasteiger partial charge in [-0.15, -0.1) is 0 Å². The Morgan fingerprint density at radius 2 is 2.08 bits per heavy atom. The van der Waals surface area contributed by atoms with E-state index in [1.807, 2.05) is 0 Å². The molecular formula is C7H11ClN2O2. The lowest BCUT2D eigenvalue weighted by atomic mass is 10.5. The van der Waals surface area contributed by atoms with Crippen molar-refractivity contribution in [2.45, 2.75) is 0 Å². The smallest absolute Gasteiger partial charge is 0.259 e. The maximum Gasteiger partial charge on any atom is 0.259 e. The minimum Gasteiger partial charge on any atom is -0.491 e. The monoisotopic (exact) mass is 190 g/mol. The molecule has 0 bridgehead atoms. The molecule has 0 heterocycles. The molecule has 0 unspecified atom stereocenters. The van der Waals surface area contributed by atoms with Gasteiger partial charge in [0.25, 0.3) is 5.88 Å². The molecule has 0 aromatic carbocycles. The Morgan fingerprint density at radius 1 is 1.50 bits per heavy atom. The Kier molecular flexibility index (Phi) is 4.96. The molecule has 68 valence electrons. The van der Waals surface area contributed by atoms with E-state index in [0.717, 1.165) is 0 Å². The maximum absolute atomic E-state index is 5.33. The molecule has 0 aromatic heterocycles. The van der Waals surface area contributed by atoms with Crippen LogP contribution < -0.4 is 5.73 Å². The maximum atomic E-state index is 5.33. The SMILES string of the molecule is C=C/C(OC)=C(\N=C(N)Cl)OC. The second kappa shape index (κ2) is 5.49. The van der Waals surface area contributed by atoms with Crippen LogP contribution in [0.15, 0.2) is 29.3 Å². The first kappa shape index (κ1) is 10.8. The fourth-order valence-electron chi connectivity index (χ4n) is 0.556. The predicted molar refractivity (Wildman–Crippen MR) is 48.7 cm³/mol. The zero-order valence-corrected chi connectivity index (χ0v) is 7.76. The fraction of sp³-hybridized carbons (Fsp3) is 0.286. The van der Waals surface area contributed by atoms with Gasteiger partial charge in [0, 0.05) is 0 Å². The summed E-state index contributed by atoms with van der Waals surface area (Å²) in [5.41, 5.74) is 5.13. The molecule has 0 rings (SSSR count). The van der Waals surface area contributed by atoms with Crippen LogP contribution in [-0.4, -0.2) is 19.5 Å². The van der Waals surface area contributed by atoms with Crippen molar-refractivity contribution >= 4 is 16.9 Å². The van der Waals surface area contributed by atoms with E-state index in [9.17, 15) is 0 Å². The number of hydrogen-bond acceptors (Lipinski definition) is 3. The van der Waals surface area contributed by atoms with Crippen molar-refractivity contribution in [1.29, 1.82) is 0 Å². The molecule has 0 aromatic rings. The highest BCUT2D eigenvalue weighted by molar-refractivity contribution is 6.64. The summed E-state index contributed by atoms with van der Waals surface area (Å²) in [5, 5.41) is -0.122. The molecular weight excluding hydrogens is 180 g/mol. The highest BCUT2D eigenvalue weighted by Crippen LogP contribution is 2.08. The van der Waals surface area contributed by atoms with Crippen LogP contribution in [0.2, 0.25) is 0 Å². The van der Waals surface area contributed by atoms with Crippen molar-refractivity contribution in [1.82, 2.24) is 0 Å². The lowest BCUT2D eigenvalue weighted by Crippen LogP contribution is -2.04. The van der Waals surface area contributed by atoms with Gasteiger partial charge in [0.05, 0.1) is 14.2 Å². The van der Waals surface area contributed by atoms with Crippen LogP contribution >= 0.6 is 11.6 Å². The van der Waals surface area contributed by atoms with Gasteiger partial charge in [-0.2, -0.15) is 4.99 Å². The van der Waals surface area contributed by atoms with Crippen LogP contribution in [0.3, 0.4) is 0 Å². The minimum atomic E-state index is -0.122. The second-order valence-electron chi connectivity index (χ2n) is 1.72. The fourth-order valence-corrected chi connectivity index (χ4v) is 0.633. The van der Waals surface area contributed by atoms with Crippen molar-refractivity contribution in [3.8, 4) is 0 Å². The Balaban J connectivity index is 4.82. The number of nitrogens with two attached hydrogens (primary N) is 1. The third-order valence-corrected chi connectivity index (χ3v) is 1.10. The molecule has 0 saturated heterocycles. The number of allylic oxidation sites excluding steroid dienone is 1. The van der Waals surface area contributed by atoms with Crippen molar-refractivity contribution in [3.63, 3.8) is 0 Å². The van der Waals surface area contributed by atoms with Crippen molar-refractivity contribution < 1.29 is 9.47 Å². The summed E-state index contributed by atoms with van der Waals surface area (Å²) in [4.78, 5) is 3.66. The number of ether oxygens (including phenoxy) is 2. The van der Waals surface area contributed by atoms with E-state index in [0.29, 0.717) is 5.76 Å². The van der Waals surface area contributed by atoms with Crippen LogP contribution in [0.5, 0.6) is 0 Å². The average Bonchev–Trinajstić information content (AvgIpc) is 2.04. The predicted octanol–water partition coefficient (Wildman–Crippen LogP) is 1.19. The summed E-state index contributed by atoms with van der Waals surface area (Å²) in [6.45, 7) is 3.49. The van der Waals surface area contributed by atoms with Crippen LogP contribution in [0.1, 0.15) is 0 Å². The highest BCUT2D eigenvalue weighted by atomic mass is 35.5. The van der Waals surface area contributed by atoms with Gasteiger partial charge >= 0.3 is 0 Å². The summed E-state index contributed by atoms with van der Waals surface area (Å²) in [7, 11) is 2.90. The molecule has 0 saturated carbocycles. The van der Waals surface area contributed by atoms with Crippen LogP contribution in [0, 0.1) is 0 Å². The molecule has 0 aliphatic carbocycles. The van der Waals surface area contributed by atoms with Crippen molar-refractivity contribution in [2.24, 2.45) is 10.7 Å².